The molecule has 0 aliphatic carbocycles. The van der Waals surface area contributed by atoms with E-state index in [9.17, 15) is 17.2 Å². The van der Waals surface area contributed by atoms with Crippen molar-refractivity contribution in [2.24, 2.45) is 0 Å². The molecule has 10 heteroatoms. The SMILES string of the molecule is COc1cc(CN(C)S(=O)(=O)c2ccc3c(c2)OCCO3)ccc1OC(F)F. The standard InChI is InChI=1S/C18H19F2NO6S/c1-21(11-12-3-5-15(27-18(19)20)16(9-12)24-2)28(22,23)13-4-6-14-17(10-13)26-8-7-25-14/h3-6,9-10,18H,7-8,11H2,1-2H3. The third kappa shape index (κ3) is 4.28. The first-order valence-electron chi connectivity index (χ1n) is 8.29. The van der Waals surface area contributed by atoms with E-state index < -0.39 is 16.6 Å². The second kappa shape index (κ2) is 8.19. The fourth-order valence-electron chi connectivity index (χ4n) is 2.71. The summed E-state index contributed by atoms with van der Waals surface area (Å²) in [6, 6.07) is 8.67. The lowest BCUT2D eigenvalue weighted by molar-refractivity contribution is -0.0512. The largest absolute Gasteiger partial charge is 0.493 e. The van der Waals surface area contributed by atoms with E-state index in [2.05, 4.69) is 4.74 Å². The molecule has 7 nitrogen and oxygen atoms in total. The number of alkyl halides is 2. The molecule has 3 rings (SSSR count). The van der Waals surface area contributed by atoms with Crippen LogP contribution in [-0.4, -0.2) is 46.7 Å². The Balaban J connectivity index is 1.80. The summed E-state index contributed by atoms with van der Waals surface area (Å²) >= 11 is 0. The zero-order chi connectivity index (χ0) is 20.3. The minimum Gasteiger partial charge on any atom is -0.493 e. The maximum atomic E-state index is 12.9. The molecule has 0 radical (unpaired) electrons. The quantitative estimate of drug-likeness (QED) is 0.692. The highest BCUT2D eigenvalue weighted by Crippen LogP contribution is 2.34. The van der Waals surface area contributed by atoms with Crippen molar-refractivity contribution >= 4 is 10.0 Å². The molecule has 2 aromatic carbocycles. The highest BCUT2D eigenvalue weighted by atomic mass is 32.2. The molecule has 0 aromatic heterocycles. The molecule has 0 saturated heterocycles. The molecule has 2 aromatic rings. The maximum absolute atomic E-state index is 12.9. The van der Waals surface area contributed by atoms with Crippen LogP contribution in [0.1, 0.15) is 5.56 Å². The Hall–Kier alpha value is -2.59. The van der Waals surface area contributed by atoms with E-state index in [0.29, 0.717) is 30.3 Å². The van der Waals surface area contributed by atoms with Crippen LogP contribution in [0.3, 0.4) is 0 Å². The summed E-state index contributed by atoms with van der Waals surface area (Å²) < 4.78 is 72.0. The van der Waals surface area contributed by atoms with Crippen LogP contribution < -0.4 is 18.9 Å². The number of nitrogens with zero attached hydrogens (tertiary/aromatic N) is 1. The van der Waals surface area contributed by atoms with Gasteiger partial charge in [-0.25, -0.2) is 8.42 Å². The van der Waals surface area contributed by atoms with Gasteiger partial charge in [0, 0.05) is 19.7 Å². The lowest BCUT2D eigenvalue weighted by Crippen LogP contribution is -2.27. The second-order valence-corrected chi connectivity index (χ2v) is 7.98. The summed E-state index contributed by atoms with van der Waals surface area (Å²) in [6.07, 6.45) is 0. The second-order valence-electron chi connectivity index (χ2n) is 5.93. The van der Waals surface area contributed by atoms with Gasteiger partial charge in [0.25, 0.3) is 0 Å². The van der Waals surface area contributed by atoms with Gasteiger partial charge < -0.3 is 18.9 Å². The Morgan fingerprint density at radius 3 is 2.46 bits per heavy atom. The molecule has 0 atom stereocenters. The number of hydrogen-bond acceptors (Lipinski definition) is 6. The number of halogens is 2. The summed E-state index contributed by atoms with van der Waals surface area (Å²) in [4.78, 5) is 0.0591. The number of sulfonamides is 1. The number of hydrogen-bond donors (Lipinski definition) is 0. The molecule has 0 saturated carbocycles. The molecule has 1 heterocycles. The van der Waals surface area contributed by atoms with Gasteiger partial charge in [-0.3, -0.25) is 0 Å². The monoisotopic (exact) mass is 415 g/mol. The maximum Gasteiger partial charge on any atom is 0.387 e. The van der Waals surface area contributed by atoms with E-state index in [-0.39, 0.29) is 22.9 Å². The van der Waals surface area contributed by atoms with Gasteiger partial charge >= 0.3 is 6.61 Å². The summed E-state index contributed by atoms with van der Waals surface area (Å²) in [5.41, 5.74) is 0.544. The van der Waals surface area contributed by atoms with Crippen LogP contribution in [-0.2, 0) is 16.6 Å². The van der Waals surface area contributed by atoms with Crippen molar-refractivity contribution < 1.29 is 36.1 Å². The third-order valence-corrected chi connectivity index (χ3v) is 5.87. The molecule has 1 aliphatic rings. The minimum absolute atomic E-state index is 0.00208. The molecule has 0 amide bonds. The van der Waals surface area contributed by atoms with Crippen molar-refractivity contribution in [3.8, 4) is 23.0 Å². The van der Waals surface area contributed by atoms with Crippen LogP contribution in [0.2, 0.25) is 0 Å². The molecule has 0 fully saturated rings. The van der Waals surface area contributed by atoms with E-state index in [1.807, 2.05) is 0 Å². The first-order valence-corrected chi connectivity index (χ1v) is 9.73. The van der Waals surface area contributed by atoms with Gasteiger partial charge in [0.2, 0.25) is 10.0 Å². The number of rotatable bonds is 7. The van der Waals surface area contributed by atoms with Gasteiger partial charge in [0.1, 0.15) is 13.2 Å². The van der Waals surface area contributed by atoms with Crippen LogP contribution in [0.25, 0.3) is 0 Å². The van der Waals surface area contributed by atoms with Crippen molar-refractivity contribution in [1.82, 2.24) is 4.31 Å². The fraction of sp³-hybridized carbons (Fsp3) is 0.333. The van der Waals surface area contributed by atoms with Crippen molar-refractivity contribution in [2.75, 3.05) is 27.4 Å². The first-order chi connectivity index (χ1) is 13.3. The molecule has 1 aliphatic heterocycles. The predicted octanol–water partition coefficient (Wildman–Crippen LogP) is 2.89. The fourth-order valence-corrected chi connectivity index (χ4v) is 3.88. The molecule has 152 valence electrons. The minimum atomic E-state index is -3.81. The first kappa shape index (κ1) is 20.2. The Labute approximate surface area is 161 Å². The van der Waals surface area contributed by atoms with Gasteiger partial charge in [-0.15, -0.1) is 0 Å². The van der Waals surface area contributed by atoms with Crippen molar-refractivity contribution in [2.45, 2.75) is 18.1 Å². The smallest absolute Gasteiger partial charge is 0.387 e. The molecule has 0 unspecified atom stereocenters. The topological polar surface area (TPSA) is 74.3 Å². The van der Waals surface area contributed by atoms with Crippen LogP contribution in [0, 0.1) is 0 Å². The Kier molecular flexibility index (Phi) is 5.90. The predicted molar refractivity (Wildman–Crippen MR) is 95.7 cm³/mol. The molecular weight excluding hydrogens is 396 g/mol. The highest BCUT2D eigenvalue weighted by Gasteiger charge is 2.24. The average Bonchev–Trinajstić information content (AvgIpc) is 2.68. The van der Waals surface area contributed by atoms with E-state index >= 15 is 0 Å². The van der Waals surface area contributed by atoms with Gasteiger partial charge in [-0.05, 0) is 29.8 Å². The van der Waals surface area contributed by atoms with Crippen molar-refractivity contribution in [3.63, 3.8) is 0 Å². The van der Waals surface area contributed by atoms with Gasteiger partial charge in [0.15, 0.2) is 23.0 Å². The number of benzene rings is 2. The van der Waals surface area contributed by atoms with E-state index in [4.69, 9.17) is 14.2 Å². The number of methoxy groups -OCH3 is 1. The summed E-state index contributed by atoms with van der Waals surface area (Å²) in [5.74, 6) is 0.824. The molecule has 28 heavy (non-hydrogen) atoms. The highest BCUT2D eigenvalue weighted by molar-refractivity contribution is 7.89. The molecule has 0 bridgehead atoms. The number of fused-ring (bicyclic) bond motifs is 1. The number of ether oxygens (including phenoxy) is 4. The van der Waals surface area contributed by atoms with Gasteiger partial charge in [0.05, 0.1) is 12.0 Å². The van der Waals surface area contributed by atoms with Crippen molar-refractivity contribution in [1.29, 1.82) is 0 Å². The van der Waals surface area contributed by atoms with E-state index in [1.165, 1.54) is 44.5 Å². The van der Waals surface area contributed by atoms with Crippen LogP contribution in [0.15, 0.2) is 41.3 Å². The molecule has 0 spiro atoms. The summed E-state index contributed by atoms with van der Waals surface area (Å²) in [6.45, 7) is -2.23. The Bertz CT molecular complexity index is 951. The normalized spacial score (nSPS) is 13.6. The summed E-state index contributed by atoms with van der Waals surface area (Å²) in [7, 11) is -1.08. The Morgan fingerprint density at radius 1 is 1.07 bits per heavy atom. The average molecular weight is 415 g/mol. The summed E-state index contributed by atoms with van der Waals surface area (Å²) in [5, 5.41) is 0. The zero-order valence-corrected chi connectivity index (χ0v) is 16.0. The van der Waals surface area contributed by atoms with Crippen LogP contribution >= 0.6 is 0 Å². The lowest BCUT2D eigenvalue weighted by Gasteiger charge is -2.21. The van der Waals surface area contributed by atoms with Crippen LogP contribution in [0.5, 0.6) is 23.0 Å². The Morgan fingerprint density at radius 2 is 1.79 bits per heavy atom. The lowest BCUT2D eigenvalue weighted by atomic mass is 10.2. The van der Waals surface area contributed by atoms with E-state index in [0.717, 1.165) is 4.31 Å². The van der Waals surface area contributed by atoms with Gasteiger partial charge in [-0.2, -0.15) is 13.1 Å². The molecular formula is C18H19F2NO6S. The van der Waals surface area contributed by atoms with Gasteiger partial charge in [-0.1, -0.05) is 6.07 Å². The molecule has 0 N–H and O–H groups in total. The van der Waals surface area contributed by atoms with Crippen molar-refractivity contribution in [3.05, 3.63) is 42.0 Å². The third-order valence-electron chi connectivity index (χ3n) is 4.07. The zero-order valence-electron chi connectivity index (χ0n) is 15.2. The van der Waals surface area contributed by atoms with E-state index in [1.54, 1.807) is 6.07 Å². The van der Waals surface area contributed by atoms with Crippen LogP contribution in [0.4, 0.5) is 8.78 Å².